The Morgan fingerprint density at radius 3 is 2.59 bits per heavy atom. The first-order valence-electron chi connectivity index (χ1n) is 11.3. The Labute approximate surface area is 192 Å². The van der Waals surface area contributed by atoms with Gasteiger partial charge < -0.3 is 13.6 Å². The van der Waals surface area contributed by atoms with Crippen molar-refractivity contribution in [3.8, 4) is 5.75 Å². The van der Waals surface area contributed by atoms with Gasteiger partial charge in [0.05, 0.1) is 13.3 Å². The van der Waals surface area contributed by atoms with Gasteiger partial charge in [0.15, 0.2) is 8.32 Å². The first kappa shape index (κ1) is 24.3. The number of hydrogen-bond acceptors (Lipinski definition) is 5. The van der Waals surface area contributed by atoms with Crippen molar-refractivity contribution in [2.24, 2.45) is 10.9 Å². The van der Waals surface area contributed by atoms with Crippen molar-refractivity contribution >= 4 is 14.2 Å². The number of allylic oxidation sites excluding steroid dienone is 1. The molecule has 1 atom stereocenters. The van der Waals surface area contributed by atoms with Crippen LogP contribution in [-0.4, -0.2) is 32.4 Å². The summed E-state index contributed by atoms with van der Waals surface area (Å²) >= 11 is 0. The second-order valence-corrected chi connectivity index (χ2v) is 14.8. The van der Waals surface area contributed by atoms with Gasteiger partial charge in [-0.3, -0.25) is 0 Å². The maximum Gasteiger partial charge on any atom is 0.424 e. The van der Waals surface area contributed by atoms with Gasteiger partial charge >= 0.3 is 5.76 Å². The van der Waals surface area contributed by atoms with Crippen LogP contribution < -0.4 is 10.5 Å². The lowest BCUT2D eigenvalue weighted by atomic mass is 9.94. The van der Waals surface area contributed by atoms with Crippen LogP contribution in [0.2, 0.25) is 18.1 Å². The van der Waals surface area contributed by atoms with E-state index in [0.29, 0.717) is 25.2 Å². The van der Waals surface area contributed by atoms with E-state index in [2.05, 4.69) is 57.1 Å². The molecule has 0 fully saturated rings. The van der Waals surface area contributed by atoms with Crippen LogP contribution in [-0.2, 0) is 17.3 Å². The molecule has 1 aliphatic rings. The van der Waals surface area contributed by atoms with E-state index in [1.165, 1.54) is 5.56 Å². The molecule has 1 aliphatic heterocycles. The number of benzene rings is 1. The molecule has 0 bridgehead atoms. The maximum absolute atomic E-state index is 12.5. The van der Waals surface area contributed by atoms with Crippen molar-refractivity contribution in [1.29, 1.82) is 0 Å². The van der Waals surface area contributed by atoms with Gasteiger partial charge in [0.2, 0.25) is 0 Å². The van der Waals surface area contributed by atoms with Gasteiger partial charge in [-0.25, -0.2) is 14.4 Å². The van der Waals surface area contributed by atoms with Crippen LogP contribution in [0, 0.1) is 5.92 Å². The molecule has 6 nitrogen and oxygen atoms in total. The van der Waals surface area contributed by atoms with Gasteiger partial charge in [-0.05, 0) is 54.6 Å². The van der Waals surface area contributed by atoms with E-state index >= 15 is 0 Å². The lowest BCUT2D eigenvalue weighted by molar-refractivity contribution is 0.278. The highest BCUT2D eigenvalue weighted by Crippen LogP contribution is 2.36. The van der Waals surface area contributed by atoms with Crippen LogP contribution in [0.1, 0.15) is 44.9 Å². The molecule has 3 rings (SSSR count). The number of hydrogen-bond donors (Lipinski definition) is 0. The Hall–Kier alpha value is -2.38. The number of ether oxygens (including phenoxy) is 1. The molecule has 0 N–H and O–H groups in total. The Balaban J connectivity index is 1.56. The summed E-state index contributed by atoms with van der Waals surface area (Å²) in [5, 5.41) is 0.192. The molecule has 0 radical (unpaired) electrons. The van der Waals surface area contributed by atoms with E-state index in [1.807, 2.05) is 12.1 Å². The minimum absolute atomic E-state index is 0.192. The molecule has 2 aromatic rings. The van der Waals surface area contributed by atoms with Crippen molar-refractivity contribution in [2.45, 2.75) is 64.6 Å². The van der Waals surface area contributed by atoms with Gasteiger partial charge in [-0.2, -0.15) is 0 Å². The Morgan fingerprint density at radius 1 is 1.22 bits per heavy atom. The summed E-state index contributed by atoms with van der Waals surface area (Å²) in [6, 6.07) is 8.09. The van der Waals surface area contributed by atoms with E-state index in [-0.39, 0.29) is 16.7 Å². The summed E-state index contributed by atoms with van der Waals surface area (Å²) < 4.78 is 18.5. The second kappa shape index (κ2) is 10.0. The smallest absolute Gasteiger partial charge is 0.424 e. The number of oxazole rings is 1. The zero-order valence-electron chi connectivity index (χ0n) is 20.2. The Morgan fingerprint density at radius 2 is 1.94 bits per heavy atom. The summed E-state index contributed by atoms with van der Waals surface area (Å²) in [5.41, 5.74) is 1.23. The molecule has 1 aromatic carbocycles. The number of nitrogens with zero attached hydrogens (tertiary/aromatic N) is 2. The Bertz CT molecular complexity index is 1010. The number of aliphatic imine (C=N–C) groups is 1. The standard InChI is InChI=1S/C25H36N2O4Si/c1-25(2,3)32(5,6)30-15-7-8-22-18-27(24(28)31-22)23-17-20(13-14-26-23)16-19-9-11-21(29-4)12-10-19/h9-14,18,20H,7-8,15-17H2,1-6H3. The van der Waals surface area contributed by atoms with Gasteiger partial charge in [-0.15, -0.1) is 0 Å². The third kappa shape index (κ3) is 6.10. The highest BCUT2D eigenvalue weighted by atomic mass is 28.4. The van der Waals surface area contributed by atoms with Crippen LogP contribution in [0.3, 0.4) is 0 Å². The van der Waals surface area contributed by atoms with E-state index in [9.17, 15) is 4.79 Å². The van der Waals surface area contributed by atoms with Gasteiger partial charge in [0, 0.05) is 25.6 Å². The summed E-state index contributed by atoms with van der Waals surface area (Å²) in [5.74, 6) is 2.16. The van der Waals surface area contributed by atoms with Crippen molar-refractivity contribution < 1.29 is 13.6 Å². The second-order valence-electron chi connectivity index (χ2n) is 9.95. The first-order valence-corrected chi connectivity index (χ1v) is 14.2. The molecule has 0 saturated heterocycles. The molecule has 0 aliphatic carbocycles. The fourth-order valence-electron chi connectivity index (χ4n) is 3.44. The van der Waals surface area contributed by atoms with E-state index < -0.39 is 8.32 Å². The van der Waals surface area contributed by atoms with Crippen molar-refractivity contribution in [3.63, 3.8) is 0 Å². The number of rotatable bonds is 8. The summed E-state index contributed by atoms with van der Waals surface area (Å²) in [7, 11) is -0.0856. The minimum Gasteiger partial charge on any atom is -0.497 e. The normalized spacial score (nSPS) is 16.8. The van der Waals surface area contributed by atoms with Gasteiger partial charge in [0.1, 0.15) is 17.3 Å². The lowest BCUT2D eigenvalue weighted by Gasteiger charge is -2.36. The fourth-order valence-corrected chi connectivity index (χ4v) is 4.53. The third-order valence-corrected chi connectivity index (χ3v) is 11.0. The first-order chi connectivity index (χ1) is 15.1. The number of methoxy groups -OCH3 is 1. The highest BCUT2D eigenvalue weighted by molar-refractivity contribution is 6.74. The van der Waals surface area contributed by atoms with E-state index in [1.54, 1.807) is 24.1 Å². The highest BCUT2D eigenvalue weighted by Gasteiger charge is 2.36. The molecule has 7 heteroatoms. The maximum atomic E-state index is 12.5. The van der Waals surface area contributed by atoms with Crippen molar-refractivity contribution in [1.82, 2.24) is 4.57 Å². The molecule has 174 valence electrons. The van der Waals surface area contributed by atoms with Crippen LogP contribution in [0.4, 0.5) is 0 Å². The predicted octanol–water partition coefficient (Wildman–Crippen LogP) is 5.43. The fraction of sp³-hybridized carbons (Fsp3) is 0.520. The number of aromatic nitrogens is 1. The number of aryl methyl sites for hydroxylation is 1. The van der Waals surface area contributed by atoms with Crippen LogP contribution >= 0.6 is 0 Å². The molecule has 1 aromatic heterocycles. The van der Waals surface area contributed by atoms with Crippen LogP contribution in [0.5, 0.6) is 5.75 Å². The quantitative estimate of drug-likeness (QED) is 0.393. The zero-order valence-corrected chi connectivity index (χ0v) is 21.2. The van der Waals surface area contributed by atoms with Crippen molar-refractivity contribution in [2.75, 3.05) is 13.7 Å². The molecule has 0 spiro atoms. The van der Waals surface area contributed by atoms with E-state index in [0.717, 1.165) is 24.4 Å². The molecular weight excluding hydrogens is 420 g/mol. The average Bonchev–Trinajstić information content (AvgIpc) is 3.12. The summed E-state index contributed by atoms with van der Waals surface area (Å²) in [4.78, 5) is 16.9. The molecular formula is C25H36N2O4Si. The largest absolute Gasteiger partial charge is 0.497 e. The third-order valence-electron chi connectivity index (χ3n) is 6.49. The minimum atomic E-state index is -1.75. The Kier molecular flexibility index (Phi) is 7.62. The SMILES string of the molecule is COc1ccc(CC2C=CN=C(n3cc(CCCO[Si](C)(C)C(C)(C)C)oc3=O)C2)cc1. The monoisotopic (exact) mass is 456 g/mol. The summed E-state index contributed by atoms with van der Waals surface area (Å²) in [6.45, 7) is 11.9. The molecule has 2 heterocycles. The lowest BCUT2D eigenvalue weighted by Crippen LogP contribution is -2.41. The molecule has 0 saturated carbocycles. The van der Waals surface area contributed by atoms with Crippen molar-refractivity contribution in [3.05, 3.63) is 64.6 Å². The van der Waals surface area contributed by atoms with E-state index in [4.69, 9.17) is 13.6 Å². The molecule has 1 unspecified atom stereocenters. The molecule has 32 heavy (non-hydrogen) atoms. The van der Waals surface area contributed by atoms with Crippen LogP contribution in [0.25, 0.3) is 0 Å². The van der Waals surface area contributed by atoms with Gasteiger partial charge in [-0.1, -0.05) is 39.0 Å². The average molecular weight is 457 g/mol. The molecule has 0 amide bonds. The predicted molar refractivity (Wildman–Crippen MR) is 131 cm³/mol. The zero-order chi connectivity index (χ0) is 23.4. The van der Waals surface area contributed by atoms with Crippen LogP contribution in [0.15, 0.2) is 56.9 Å². The summed E-state index contributed by atoms with van der Waals surface area (Å²) in [6.07, 6.45) is 8.75. The topological polar surface area (TPSA) is 66.0 Å². The van der Waals surface area contributed by atoms with Gasteiger partial charge in [0.25, 0.3) is 0 Å².